The van der Waals surface area contributed by atoms with Crippen LogP contribution < -0.4 is 9.64 Å². The Morgan fingerprint density at radius 1 is 1.32 bits per heavy atom. The molecule has 2 rings (SSSR count). The number of benzene rings is 2. The third kappa shape index (κ3) is 3.46. The second-order valence-corrected chi connectivity index (χ2v) is 5.12. The van der Waals surface area contributed by atoms with Crippen molar-refractivity contribution >= 4 is 23.0 Å². The zero-order valence-electron chi connectivity index (χ0n) is 12.0. The van der Waals surface area contributed by atoms with E-state index in [2.05, 4.69) is 0 Å². The Kier molecular flexibility index (Phi) is 4.82. The predicted molar refractivity (Wildman–Crippen MR) is 83.2 cm³/mol. The molecule has 7 heteroatoms. The molecular weight excluding hydrogens is 311 g/mol. The number of rotatable bonds is 5. The first-order chi connectivity index (χ1) is 10.4. The molecular formula is C15H14ClFN2O3. The van der Waals surface area contributed by atoms with E-state index in [0.717, 1.165) is 5.56 Å². The Bertz CT molecular complexity index is 709. The lowest BCUT2D eigenvalue weighted by atomic mass is 10.2. The van der Waals surface area contributed by atoms with Crippen molar-refractivity contribution in [3.8, 4) is 5.75 Å². The lowest BCUT2D eigenvalue weighted by Gasteiger charge is -2.20. The molecule has 0 aromatic heterocycles. The van der Waals surface area contributed by atoms with Crippen LogP contribution in [0.5, 0.6) is 5.75 Å². The number of halogens is 2. The van der Waals surface area contributed by atoms with Crippen molar-refractivity contribution in [1.82, 2.24) is 0 Å². The van der Waals surface area contributed by atoms with E-state index < -0.39 is 10.7 Å². The van der Waals surface area contributed by atoms with Crippen molar-refractivity contribution in [3.05, 3.63) is 62.9 Å². The lowest BCUT2D eigenvalue weighted by Crippen LogP contribution is -2.17. The summed E-state index contributed by atoms with van der Waals surface area (Å²) in [6, 6.07) is 8.93. The number of non-ortho nitro benzene ring substituents is 1. The number of hydrogen-bond donors (Lipinski definition) is 0. The van der Waals surface area contributed by atoms with Gasteiger partial charge in [-0.05, 0) is 23.8 Å². The second-order valence-electron chi connectivity index (χ2n) is 4.72. The summed E-state index contributed by atoms with van der Waals surface area (Å²) in [5.41, 5.74) is 1.29. The molecule has 0 bridgehead atoms. The Balaban J connectivity index is 2.20. The summed E-state index contributed by atoms with van der Waals surface area (Å²) in [6.07, 6.45) is 0. The van der Waals surface area contributed by atoms with Gasteiger partial charge in [-0.1, -0.05) is 17.7 Å². The van der Waals surface area contributed by atoms with E-state index in [1.165, 1.54) is 25.3 Å². The summed E-state index contributed by atoms with van der Waals surface area (Å²) in [5.74, 6) is -0.261. The highest BCUT2D eigenvalue weighted by atomic mass is 35.5. The van der Waals surface area contributed by atoms with Crippen LogP contribution in [-0.2, 0) is 6.54 Å². The van der Waals surface area contributed by atoms with Gasteiger partial charge in [0.25, 0.3) is 5.69 Å². The van der Waals surface area contributed by atoms with Crippen molar-refractivity contribution < 1.29 is 14.1 Å². The molecule has 0 aliphatic heterocycles. The van der Waals surface area contributed by atoms with Gasteiger partial charge in [-0.2, -0.15) is 0 Å². The molecule has 0 heterocycles. The SMILES string of the molecule is COc1ccc(CN(C)c2ccc([N+](=O)[O-])cc2Cl)cc1F. The van der Waals surface area contributed by atoms with Crippen LogP contribution in [-0.4, -0.2) is 19.1 Å². The van der Waals surface area contributed by atoms with Gasteiger partial charge in [0.15, 0.2) is 11.6 Å². The first-order valence-corrected chi connectivity index (χ1v) is 6.77. The molecule has 0 saturated heterocycles. The van der Waals surface area contributed by atoms with Gasteiger partial charge < -0.3 is 9.64 Å². The lowest BCUT2D eigenvalue weighted by molar-refractivity contribution is -0.384. The summed E-state index contributed by atoms with van der Waals surface area (Å²) in [6.45, 7) is 0.401. The van der Waals surface area contributed by atoms with Gasteiger partial charge in [0.05, 0.1) is 22.7 Å². The summed E-state index contributed by atoms with van der Waals surface area (Å²) in [5, 5.41) is 11.0. The maximum absolute atomic E-state index is 13.7. The average molecular weight is 325 g/mol. The van der Waals surface area contributed by atoms with Gasteiger partial charge in [0.1, 0.15) is 0 Å². The minimum Gasteiger partial charge on any atom is -0.494 e. The van der Waals surface area contributed by atoms with Crippen molar-refractivity contribution in [2.24, 2.45) is 0 Å². The predicted octanol–water partition coefficient (Wildman–Crippen LogP) is 4.03. The monoisotopic (exact) mass is 324 g/mol. The molecule has 0 aliphatic carbocycles. The molecule has 0 unspecified atom stereocenters. The molecule has 0 saturated carbocycles. The highest BCUT2D eigenvalue weighted by molar-refractivity contribution is 6.33. The van der Waals surface area contributed by atoms with Crippen LogP contribution in [0.2, 0.25) is 5.02 Å². The van der Waals surface area contributed by atoms with Gasteiger partial charge >= 0.3 is 0 Å². The third-order valence-corrected chi connectivity index (χ3v) is 3.49. The number of methoxy groups -OCH3 is 1. The van der Waals surface area contributed by atoms with Crippen LogP contribution in [0.15, 0.2) is 36.4 Å². The molecule has 22 heavy (non-hydrogen) atoms. The first kappa shape index (κ1) is 16.0. The summed E-state index contributed by atoms with van der Waals surface area (Å²) in [7, 11) is 3.18. The molecule has 0 N–H and O–H groups in total. The molecule has 0 atom stereocenters. The molecule has 2 aromatic rings. The average Bonchev–Trinajstić information content (AvgIpc) is 2.47. The smallest absolute Gasteiger partial charge is 0.271 e. The molecule has 0 spiro atoms. The summed E-state index contributed by atoms with van der Waals surface area (Å²) >= 11 is 6.07. The van der Waals surface area contributed by atoms with E-state index in [1.807, 2.05) is 0 Å². The van der Waals surface area contributed by atoms with E-state index in [4.69, 9.17) is 16.3 Å². The van der Waals surface area contributed by atoms with Gasteiger partial charge in [-0.3, -0.25) is 10.1 Å². The number of nitro groups is 1. The minimum atomic E-state index is -0.505. The van der Waals surface area contributed by atoms with Crippen LogP contribution >= 0.6 is 11.6 Å². The van der Waals surface area contributed by atoms with E-state index in [-0.39, 0.29) is 16.5 Å². The summed E-state index contributed by atoms with van der Waals surface area (Å²) in [4.78, 5) is 12.0. The van der Waals surface area contributed by atoms with Crippen molar-refractivity contribution in [2.45, 2.75) is 6.54 Å². The molecule has 0 amide bonds. The molecule has 0 radical (unpaired) electrons. The Labute approximate surface area is 132 Å². The Hall–Kier alpha value is -2.34. The molecule has 116 valence electrons. The number of nitro benzene ring substituents is 1. The zero-order valence-corrected chi connectivity index (χ0v) is 12.8. The fraction of sp³-hybridized carbons (Fsp3) is 0.200. The number of ether oxygens (including phenoxy) is 1. The van der Waals surface area contributed by atoms with E-state index in [0.29, 0.717) is 12.2 Å². The van der Waals surface area contributed by atoms with Crippen LogP contribution in [0.1, 0.15) is 5.56 Å². The largest absolute Gasteiger partial charge is 0.494 e. The fourth-order valence-corrected chi connectivity index (χ4v) is 2.41. The minimum absolute atomic E-state index is 0.0716. The maximum atomic E-state index is 13.7. The van der Waals surface area contributed by atoms with Crippen LogP contribution in [0, 0.1) is 15.9 Å². The molecule has 5 nitrogen and oxygen atoms in total. The highest BCUT2D eigenvalue weighted by Gasteiger charge is 2.13. The van der Waals surface area contributed by atoms with Gasteiger partial charge in [-0.15, -0.1) is 0 Å². The third-order valence-electron chi connectivity index (χ3n) is 3.19. The molecule has 0 aliphatic rings. The first-order valence-electron chi connectivity index (χ1n) is 6.40. The van der Waals surface area contributed by atoms with Crippen LogP contribution in [0.25, 0.3) is 0 Å². The fourth-order valence-electron chi connectivity index (χ4n) is 2.09. The van der Waals surface area contributed by atoms with Crippen molar-refractivity contribution in [1.29, 1.82) is 0 Å². The maximum Gasteiger partial charge on any atom is 0.271 e. The normalized spacial score (nSPS) is 10.4. The Morgan fingerprint density at radius 3 is 2.59 bits per heavy atom. The van der Waals surface area contributed by atoms with Crippen LogP contribution in [0.3, 0.4) is 0 Å². The number of anilines is 1. The standard InChI is InChI=1S/C15H14ClFN2O3/c1-18(9-10-3-6-15(22-2)13(17)7-10)14-5-4-11(19(20)21)8-12(14)16/h3-8H,9H2,1-2H3. The number of hydrogen-bond acceptors (Lipinski definition) is 4. The zero-order chi connectivity index (χ0) is 16.3. The van der Waals surface area contributed by atoms with E-state index in [9.17, 15) is 14.5 Å². The highest BCUT2D eigenvalue weighted by Crippen LogP contribution is 2.30. The quantitative estimate of drug-likeness (QED) is 0.615. The Morgan fingerprint density at radius 2 is 2.05 bits per heavy atom. The number of nitrogens with zero attached hydrogens (tertiary/aromatic N) is 2. The van der Waals surface area contributed by atoms with Gasteiger partial charge in [0.2, 0.25) is 0 Å². The van der Waals surface area contributed by atoms with Crippen molar-refractivity contribution in [3.63, 3.8) is 0 Å². The topological polar surface area (TPSA) is 55.6 Å². The summed E-state index contributed by atoms with van der Waals surface area (Å²) < 4.78 is 18.6. The van der Waals surface area contributed by atoms with Crippen molar-refractivity contribution in [2.75, 3.05) is 19.1 Å². The molecule has 2 aromatic carbocycles. The van der Waals surface area contributed by atoms with Crippen LogP contribution in [0.4, 0.5) is 15.8 Å². The van der Waals surface area contributed by atoms with Gasteiger partial charge in [0, 0.05) is 25.7 Å². The van der Waals surface area contributed by atoms with E-state index in [1.54, 1.807) is 30.1 Å². The van der Waals surface area contributed by atoms with Gasteiger partial charge in [-0.25, -0.2) is 4.39 Å². The van der Waals surface area contributed by atoms with E-state index >= 15 is 0 Å². The second kappa shape index (κ2) is 6.62. The molecule has 0 fully saturated rings.